The monoisotopic (exact) mass is 375 g/mol. The van der Waals surface area contributed by atoms with Crippen LogP contribution in [0, 0.1) is 18.7 Å². The molecule has 7 heteroatoms. The predicted molar refractivity (Wildman–Crippen MR) is 103 cm³/mol. The molecule has 0 atom stereocenters. The lowest BCUT2D eigenvalue weighted by Gasteiger charge is -2.04. The summed E-state index contributed by atoms with van der Waals surface area (Å²) in [6.45, 7) is 1.98. The van der Waals surface area contributed by atoms with Crippen molar-refractivity contribution in [2.24, 2.45) is 7.05 Å². The van der Waals surface area contributed by atoms with Crippen molar-refractivity contribution >= 4 is 21.8 Å². The van der Waals surface area contributed by atoms with E-state index >= 15 is 0 Å². The second kappa shape index (κ2) is 5.95. The first-order valence-corrected chi connectivity index (χ1v) is 8.75. The number of hydrogen-bond donors (Lipinski definition) is 0. The zero-order chi connectivity index (χ0) is 19.4. The maximum absolute atomic E-state index is 14.3. The minimum atomic E-state index is -0.556. The summed E-state index contributed by atoms with van der Waals surface area (Å²) in [6, 6.07) is 11.7. The van der Waals surface area contributed by atoms with E-state index in [2.05, 4.69) is 10.1 Å². The summed E-state index contributed by atoms with van der Waals surface area (Å²) < 4.78 is 31.0. The van der Waals surface area contributed by atoms with E-state index in [1.165, 1.54) is 24.4 Å². The van der Waals surface area contributed by atoms with Crippen molar-refractivity contribution in [1.82, 2.24) is 24.5 Å². The quantitative estimate of drug-likeness (QED) is 0.425. The molecule has 0 radical (unpaired) electrons. The molecule has 5 nitrogen and oxygen atoms in total. The highest BCUT2D eigenvalue weighted by molar-refractivity contribution is 6.03. The molecule has 0 unspecified atom stereocenters. The first kappa shape index (κ1) is 16.6. The average molecular weight is 375 g/mol. The van der Waals surface area contributed by atoms with Gasteiger partial charge in [-0.1, -0.05) is 18.2 Å². The first-order valence-electron chi connectivity index (χ1n) is 8.75. The average Bonchev–Trinajstić information content (AvgIpc) is 3.22. The van der Waals surface area contributed by atoms with Gasteiger partial charge in [-0.15, -0.1) is 0 Å². The summed E-state index contributed by atoms with van der Waals surface area (Å²) in [4.78, 5) is 3.74. The van der Waals surface area contributed by atoms with E-state index in [4.69, 9.17) is 5.10 Å². The fourth-order valence-corrected chi connectivity index (χ4v) is 3.62. The maximum atomic E-state index is 14.3. The Balaban J connectivity index is 1.87. The lowest BCUT2D eigenvalue weighted by atomic mass is 10.0. The Labute approximate surface area is 158 Å². The Bertz CT molecular complexity index is 1350. The molecular formula is C21H15F2N5. The minimum Gasteiger partial charge on any atom is -0.275 e. The molecule has 138 valence electrons. The molecular weight excluding hydrogens is 360 g/mol. The van der Waals surface area contributed by atoms with Crippen LogP contribution in [0.25, 0.3) is 38.8 Å². The minimum absolute atomic E-state index is 0.375. The van der Waals surface area contributed by atoms with Gasteiger partial charge in [-0.2, -0.15) is 14.6 Å². The number of rotatable bonds is 2. The zero-order valence-electron chi connectivity index (χ0n) is 15.2. The summed E-state index contributed by atoms with van der Waals surface area (Å²) in [7, 11) is 1.80. The second-order valence-electron chi connectivity index (χ2n) is 6.76. The Morgan fingerprint density at radius 2 is 1.82 bits per heavy atom. The van der Waals surface area contributed by atoms with Crippen LogP contribution in [-0.4, -0.2) is 24.5 Å². The standard InChI is InChI=1S/C21H15F2N5/c1-12-4-3-5-15-20(16-8-13(22)9-18-17(16)11-27(2)25-18)26-28(21(12)15)14-6-7-19(23)24-10-14/h3-11H,1-2H3. The van der Waals surface area contributed by atoms with Crippen LogP contribution in [0.4, 0.5) is 8.78 Å². The normalized spacial score (nSPS) is 11.6. The van der Waals surface area contributed by atoms with Gasteiger partial charge >= 0.3 is 0 Å². The van der Waals surface area contributed by atoms with E-state index in [9.17, 15) is 8.78 Å². The van der Waals surface area contributed by atoms with Crippen molar-refractivity contribution in [1.29, 1.82) is 0 Å². The first-order chi connectivity index (χ1) is 13.5. The highest BCUT2D eigenvalue weighted by Crippen LogP contribution is 2.35. The van der Waals surface area contributed by atoms with Gasteiger partial charge in [-0.3, -0.25) is 4.68 Å². The van der Waals surface area contributed by atoms with Crippen molar-refractivity contribution < 1.29 is 8.78 Å². The molecule has 0 aliphatic carbocycles. The third kappa shape index (κ3) is 2.47. The van der Waals surface area contributed by atoms with Crippen LogP contribution < -0.4 is 0 Å². The van der Waals surface area contributed by atoms with Gasteiger partial charge in [-0.05, 0) is 30.7 Å². The summed E-state index contributed by atoms with van der Waals surface area (Å²) >= 11 is 0. The summed E-state index contributed by atoms with van der Waals surface area (Å²) in [5, 5.41) is 10.8. The molecule has 0 amide bonds. The molecule has 0 fully saturated rings. The molecule has 5 rings (SSSR count). The van der Waals surface area contributed by atoms with Gasteiger partial charge in [0.2, 0.25) is 5.95 Å². The van der Waals surface area contributed by atoms with E-state index in [1.54, 1.807) is 22.5 Å². The second-order valence-corrected chi connectivity index (χ2v) is 6.76. The lowest BCUT2D eigenvalue weighted by Crippen LogP contribution is -1.99. The largest absolute Gasteiger partial charge is 0.275 e. The van der Waals surface area contributed by atoms with E-state index in [0.29, 0.717) is 22.5 Å². The smallest absolute Gasteiger partial charge is 0.212 e. The summed E-state index contributed by atoms with van der Waals surface area (Å²) in [6.07, 6.45) is 3.29. The van der Waals surface area contributed by atoms with Crippen LogP contribution in [0.1, 0.15) is 5.56 Å². The Morgan fingerprint density at radius 1 is 0.964 bits per heavy atom. The Hall–Kier alpha value is -3.61. The van der Waals surface area contributed by atoms with Gasteiger partial charge < -0.3 is 0 Å². The topological polar surface area (TPSA) is 48.5 Å². The maximum Gasteiger partial charge on any atom is 0.212 e. The molecule has 0 saturated heterocycles. The van der Waals surface area contributed by atoms with Crippen LogP contribution in [0.2, 0.25) is 0 Å². The van der Waals surface area contributed by atoms with Gasteiger partial charge in [0.05, 0.1) is 22.9 Å². The van der Waals surface area contributed by atoms with Crippen molar-refractivity contribution in [2.75, 3.05) is 0 Å². The Morgan fingerprint density at radius 3 is 2.61 bits per heavy atom. The molecule has 0 aliphatic rings. The molecule has 3 heterocycles. The Kier molecular flexibility index (Phi) is 3.52. The predicted octanol–water partition coefficient (Wildman–Crippen LogP) is 4.56. The number of benzene rings is 2. The fourth-order valence-electron chi connectivity index (χ4n) is 3.62. The molecule has 28 heavy (non-hydrogen) atoms. The zero-order valence-corrected chi connectivity index (χ0v) is 15.2. The van der Waals surface area contributed by atoms with Crippen LogP contribution in [-0.2, 0) is 7.05 Å². The molecule has 0 N–H and O–H groups in total. The van der Waals surface area contributed by atoms with Gasteiger partial charge in [0.25, 0.3) is 0 Å². The molecule has 0 bridgehead atoms. The van der Waals surface area contributed by atoms with Crippen molar-refractivity contribution in [3.63, 3.8) is 0 Å². The highest BCUT2D eigenvalue weighted by atomic mass is 19.1. The SMILES string of the molecule is Cc1cccc2c(-c3cc(F)cc4nn(C)cc34)nn(-c3ccc(F)nc3)c12. The molecule has 0 aliphatic heterocycles. The van der Waals surface area contributed by atoms with Gasteiger partial charge in [-0.25, -0.2) is 14.1 Å². The number of hydrogen-bond acceptors (Lipinski definition) is 3. The van der Waals surface area contributed by atoms with Crippen molar-refractivity contribution in [3.8, 4) is 16.9 Å². The number of nitrogens with zero attached hydrogens (tertiary/aromatic N) is 5. The summed E-state index contributed by atoms with van der Waals surface area (Å²) in [5.74, 6) is -0.931. The van der Waals surface area contributed by atoms with Gasteiger partial charge in [0, 0.05) is 35.6 Å². The van der Waals surface area contributed by atoms with Crippen LogP contribution in [0.3, 0.4) is 0 Å². The third-order valence-corrected chi connectivity index (χ3v) is 4.82. The lowest BCUT2D eigenvalue weighted by molar-refractivity contribution is 0.582. The van der Waals surface area contributed by atoms with Crippen molar-refractivity contribution in [3.05, 3.63) is 72.2 Å². The van der Waals surface area contributed by atoms with Crippen LogP contribution >= 0.6 is 0 Å². The van der Waals surface area contributed by atoms with E-state index in [1.807, 2.05) is 31.3 Å². The molecule has 0 spiro atoms. The third-order valence-electron chi connectivity index (χ3n) is 4.82. The number of para-hydroxylation sites is 1. The van der Waals surface area contributed by atoms with E-state index < -0.39 is 5.95 Å². The number of aryl methyl sites for hydroxylation is 2. The summed E-state index contributed by atoms with van der Waals surface area (Å²) in [5.41, 5.74) is 4.36. The van der Waals surface area contributed by atoms with Gasteiger partial charge in [0.15, 0.2) is 0 Å². The highest BCUT2D eigenvalue weighted by Gasteiger charge is 2.19. The van der Waals surface area contributed by atoms with E-state index in [0.717, 1.165) is 21.9 Å². The molecule has 0 saturated carbocycles. The van der Waals surface area contributed by atoms with Crippen molar-refractivity contribution in [2.45, 2.75) is 6.92 Å². The van der Waals surface area contributed by atoms with Gasteiger partial charge in [0.1, 0.15) is 11.5 Å². The molecule has 5 aromatic rings. The molecule has 2 aromatic carbocycles. The number of fused-ring (bicyclic) bond motifs is 2. The fraction of sp³-hybridized carbons (Fsp3) is 0.0952. The van der Waals surface area contributed by atoms with Crippen LogP contribution in [0.5, 0.6) is 0 Å². The number of aromatic nitrogens is 5. The molecule has 3 aromatic heterocycles. The van der Waals surface area contributed by atoms with E-state index in [-0.39, 0.29) is 5.82 Å². The number of halogens is 2. The van der Waals surface area contributed by atoms with Crippen LogP contribution in [0.15, 0.2) is 54.9 Å². The number of pyridine rings is 1.